The number of nitrogens with one attached hydrogen (secondary N) is 1. The van der Waals surface area contributed by atoms with Gasteiger partial charge in [-0.1, -0.05) is 54.1 Å². The van der Waals surface area contributed by atoms with Crippen LogP contribution in [0.2, 0.25) is 0 Å². The van der Waals surface area contributed by atoms with E-state index in [9.17, 15) is 4.79 Å². The first-order valence-electron chi connectivity index (χ1n) is 8.07. The number of ether oxygens (including phenoxy) is 1. The predicted molar refractivity (Wildman–Crippen MR) is 98.6 cm³/mol. The molecule has 0 aromatic heterocycles. The molecule has 24 heavy (non-hydrogen) atoms. The molecule has 0 fully saturated rings. The zero-order valence-corrected chi connectivity index (χ0v) is 14.2. The van der Waals surface area contributed by atoms with Crippen LogP contribution in [0.15, 0.2) is 60.7 Å². The second kappa shape index (κ2) is 6.75. The Kier molecular flexibility index (Phi) is 4.52. The second-order valence-corrected chi connectivity index (χ2v) is 6.04. The van der Waals surface area contributed by atoms with E-state index in [1.54, 1.807) is 6.92 Å². The summed E-state index contributed by atoms with van der Waals surface area (Å²) in [6.45, 7) is 5.78. The molecule has 0 aliphatic heterocycles. The molecule has 0 spiro atoms. The smallest absolute Gasteiger partial charge is 0.265 e. The summed E-state index contributed by atoms with van der Waals surface area (Å²) in [4.78, 5) is 12.5. The molecular weight excluding hydrogens is 298 g/mol. The van der Waals surface area contributed by atoms with E-state index < -0.39 is 6.10 Å². The molecular formula is C21H21NO2. The maximum Gasteiger partial charge on any atom is 0.265 e. The van der Waals surface area contributed by atoms with Crippen LogP contribution in [0.5, 0.6) is 5.75 Å². The van der Waals surface area contributed by atoms with E-state index in [4.69, 9.17) is 4.74 Å². The summed E-state index contributed by atoms with van der Waals surface area (Å²) in [6, 6.07) is 19.8. The van der Waals surface area contributed by atoms with Crippen LogP contribution < -0.4 is 10.1 Å². The number of rotatable bonds is 4. The van der Waals surface area contributed by atoms with E-state index in [1.807, 2.05) is 74.5 Å². The van der Waals surface area contributed by atoms with Gasteiger partial charge in [-0.15, -0.1) is 0 Å². The average Bonchev–Trinajstić information content (AvgIpc) is 2.57. The monoisotopic (exact) mass is 319 g/mol. The van der Waals surface area contributed by atoms with Crippen molar-refractivity contribution in [1.82, 2.24) is 0 Å². The van der Waals surface area contributed by atoms with Crippen molar-refractivity contribution in [3.05, 3.63) is 71.8 Å². The molecule has 3 rings (SSSR count). The second-order valence-electron chi connectivity index (χ2n) is 6.04. The molecule has 3 aromatic rings. The normalized spacial score (nSPS) is 12.0. The maximum absolute atomic E-state index is 12.5. The van der Waals surface area contributed by atoms with Crippen LogP contribution in [0.1, 0.15) is 18.1 Å². The van der Waals surface area contributed by atoms with E-state index in [0.717, 1.165) is 27.8 Å². The Labute approximate surface area is 142 Å². The number of aryl methyl sites for hydroxylation is 2. The molecule has 0 bridgehead atoms. The fourth-order valence-corrected chi connectivity index (χ4v) is 2.73. The van der Waals surface area contributed by atoms with E-state index >= 15 is 0 Å². The van der Waals surface area contributed by atoms with Crippen LogP contribution >= 0.6 is 0 Å². The van der Waals surface area contributed by atoms with Gasteiger partial charge in [0.15, 0.2) is 6.10 Å². The van der Waals surface area contributed by atoms with Gasteiger partial charge in [0.1, 0.15) is 5.75 Å². The summed E-state index contributed by atoms with van der Waals surface area (Å²) in [5, 5.41) is 5.04. The van der Waals surface area contributed by atoms with Crippen molar-refractivity contribution in [1.29, 1.82) is 0 Å². The van der Waals surface area contributed by atoms with E-state index in [2.05, 4.69) is 5.32 Å². The predicted octanol–water partition coefficient (Wildman–Crippen LogP) is 4.86. The molecule has 3 nitrogen and oxygen atoms in total. The number of hydrogen-bond donors (Lipinski definition) is 1. The highest BCUT2D eigenvalue weighted by Crippen LogP contribution is 2.26. The Morgan fingerprint density at radius 3 is 2.54 bits per heavy atom. The lowest BCUT2D eigenvalue weighted by Crippen LogP contribution is -2.30. The van der Waals surface area contributed by atoms with Gasteiger partial charge in [-0.2, -0.15) is 0 Å². The van der Waals surface area contributed by atoms with Gasteiger partial charge in [0, 0.05) is 11.1 Å². The Morgan fingerprint density at radius 1 is 1.00 bits per heavy atom. The Morgan fingerprint density at radius 2 is 1.75 bits per heavy atom. The van der Waals surface area contributed by atoms with Gasteiger partial charge in [-0.05, 0) is 43.9 Å². The molecule has 0 aliphatic carbocycles. The number of benzene rings is 3. The summed E-state index contributed by atoms with van der Waals surface area (Å²) >= 11 is 0. The quantitative estimate of drug-likeness (QED) is 0.745. The molecule has 3 aromatic carbocycles. The first-order valence-corrected chi connectivity index (χ1v) is 8.07. The van der Waals surface area contributed by atoms with Crippen molar-refractivity contribution in [3.63, 3.8) is 0 Å². The lowest BCUT2D eigenvalue weighted by molar-refractivity contribution is -0.122. The minimum atomic E-state index is -0.587. The molecule has 122 valence electrons. The first kappa shape index (κ1) is 16.1. The molecule has 0 saturated heterocycles. The van der Waals surface area contributed by atoms with Gasteiger partial charge in [0.25, 0.3) is 5.91 Å². The third-order valence-electron chi connectivity index (χ3n) is 4.06. The van der Waals surface area contributed by atoms with Gasteiger partial charge >= 0.3 is 0 Å². The average molecular weight is 319 g/mol. The largest absolute Gasteiger partial charge is 0.480 e. The number of anilines is 1. The summed E-state index contributed by atoms with van der Waals surface area (Å²) in [5.74, 6) is 0.561. The molecule has 0 aliphatic rings. The molecule has 0 saturated carbocycles. The minimum absolute atomic E-state index is 0.158. The van der Waals surface area contributed by atoms with E-state index in [0.29, 0.717) is 0 Å². The minimum Gasteiger partial charge on any atom is -0.480 e. The van der Waals surface area contributed by atoms with Crippen molar-refractivity contribution in [2.45, 2.75) is 26.9 Å². The van der Waals surface area contributed by atoms with Crippen molar-refractivity contribution >= 4 is 22.4 Å². The number of carbonyl (C=O) groups excluding carboxylic acids is 1. The maximum atomic E-state index is 12.5. The summed E-state index contributed by atoms with van der Waals surface area (Å²) in [5.41, 5.74) is 3.03. The van der Waals surface area contributed by atoms with Crippen molar-refractivity contribution in [2.24, 2.45) is 0 Å². The third kappa shape index (κ3) is 3.40. The SMILES string of the molecule is Cc1ccc(NC(=O)C(C)Oc2cccc3ccccc23)c(C)c1. The number of carbonyl (C=O) groups is 1. The first-order chi connectivity index (χ1) is 11.5. The van der Waals surface area contributed by atoms with Gasteiger partial charge in [-0.25, -0.2) is 0 Å². The summed E-state index contributed by atoms with van der Waals surface area (Å²) in [7, 11) is 0. The molecule has 1 N–H and O–H groups in total. The number of fused-ring (bicyclic) bond motifs is 1. The van der Waals surface area contributed by atoms with Crippen molar-refractivity contribution in [3.8, 4) is 5.75 Å². The number of hydrogen-bond acceptors (Lipinski definition) is 2. The lowest BCUT2D eigenvalue weighted by Gasteiger charge is -2.17. The van der Waals surface area contributed by atoms with E-state index in [1.165, 1.54) is 5.56 Å². The molecule has 1 atom stereocenters. The summed E-state index contributed by atoms with van der Waals surface area (Å²) < 4.78 is 5.91. The van der Waals surface area contributed by atoms with Crippen LogP contribution in [0, 0.1) is 13.8 Å². The molecule has 1 unspecified atom stereocenters. The Balaban J connectivity index is 1.76. The van der Waals surface area contributed by atoms with Crippen molar-refractivity contribution in [2.75, 3.05) is 5.32 Å². The fourth-order valence-electron chi connectivity index (χ4n) is 2.73. The van der Waals surface area contributed by atoms with Gasteiger partial charge in [-0.3, -0.25) is 4.79 Å². The highest BCUT2D eigenvalue weighted by Gasteiger charge is 2.16. The highest BCUT2D eigenvalue weighted by atomic mass is 16.5. The number of amides is 1. The van der Waals surface area contributed by atoms with Crippen LogP contribution in [-0.4, -0.2) is 12.0 Å². The zero-order chi connectivity index (χ0) is 17.1. The Bertz CT molecular complexity index is 881. The van der Waals surface area contributed by atoms with Crippen LogP contribution in [0.3, 0.4) is 0 Å². The van der Waals surface area contributed by atoms with Gasteiger partial charge < -0.3 is 10.1 Å². The van der Waals surface area contributed by atoms with Gasteiger partial charge in [0.2, 0.25) is 0 Å². The van der Waals surface area contributed by atoms with Crippen LogP contribution in [-0.2, 0) is 4.79 Å². The standard InChI is InChI=1S/C21H21NO2/c1-14-11-12-19(15(2)13-14)22-21(23)16(3)24-20-10-6-8-17-7-4-5-9-18(17)20/h4-13,16H,1-3H3,(H,22,23). The summed E-state index contributed by atoms with van der Waals surface area (Å²) in [6.07, 6.45) is -0.587. The molecule has 0 heterocycles. The molecule has 0 radical (unpaired) electrons. The topological polar surface area (TPSA) is 38.3 Å². The zero-order valence-electron chi connectivity index (χ0n) is 14.2. The van der Waals surface area contributed by atoms with Crippen LogP contribution in [0.4, 0.5) is 5.69 Å². The highest BCUT2D eigenvalue weighted by molar-refractivity contribution is 5.95. The fraction of sp³-hybridized carbons (Fsp3) is 0.190. The van der Waals surface area contributed by atoms with Crippen LogP contribution in [0.25, 0.3) is 10.8 Å². The molecule has 1 amide bonds. The van der Waals surface area contributed by atoms with E-state index in [-0.39, 0.29) is 5.91 Å². The lowest BCUT2D eigenvalue weighted by atomic mass is 10.1. The van der Waals surface area contributed by atoms with Gasteiger partial charge in [0.05, 0.1) is 0 Å². The van der Waals surface area contributed by atoms with Crippen molar-refractivity contribution < 1.29 is 9.53 Å². The molecule has 3 heteroatoms. The third-order valence-corrected chi connectivity index (χ3v) is 4.06. The Hall–Kier alpha value is -2.81.